The van der Waals surface area contributed by atoms with Crippen molar-refractivity contribution in [3.05, 3.63) is 17.0 Å². The molecule has 0 bridgehead atoms. The molecule has 0 spiro atoms. The topological polar surface area (TPSA) is 69.1 Å². The third kappa shape index (κ3) is 2.57. The van der Waals surface area contributed by atoms with Crippen LogP contribution in [-0.2, 0) is 11.2 Å². The van der Waals surface area contributed by atoms with Crippen LogP contribution in [-0.4, -0.2) is 11.1 Å². The second-order valence-corrected chi connectivity index (χ2v) is 3.12. The molecule has 1 aromatic rings. The predicted molar refractivity (Wildman–Crippen MR) is 48.1 cm³/mol. The predicted octanol–water partition coefficient (Wildman–Crippen LogP) is 1.10. The highest BCUT2D eigenvalue weighted by Gasteiger charge is 2.08. The summed E-state index contributed by atoms with van der Waals surface area (Å²) in [5, 5.41) is 3.82. The summed E-state index contributed by atoms with van der Waals surface area (Å²) in [6, 6.07) is 0. The van der Waals surface area contributed by atoms with Gasteiger partial charge in [0.2, 0.25) is 5.91 Å². The summed E-state index contributed by atoms with van der Waals surface area (Å²) in [6.45, 7) is 3.77. The lowest BCUT2D eigenvalue weighted by Gasteiger charge is -1.97. The standard InChI is InChI=1S/C9H14N2O2/c1-6-8(7(2)13-11-6)4-3-5-9(10)12/h3-5H2,1-2H3,(H2,10,12). The van der Waals surface area contributed by atoms with Gasteiger partial charge in [-0.2, -0.15) is 0 Å². The molecule has 2 N–H and O–H groups in total. The number of aryl methyl sites for hydroxylation is 2. The molecular weight excluding hydrogens is 168 g/mol. The van der Waals surface area contributed by atoms with Gasteiger partial charge in [0.05, 0.1) is 5.69 Å². The summed E-state index contributed by atoms with van der Waals surface area (Å²) < 4.78 is 4.99. The zero-order valence-electron chi connectivity index (χ0n) is 7.96. The first-order valence-corrected chi connectivity index (χ1v) is 4.31. The molecule has 0 radical (unpaired) electrons. The fourth-order valence-electron chi connectivity index (χ4n) is 1.30. The van der Waals surface area contributed by atoms with Crippen molar-refractivity contribution in [1.29, 1.82) is 0 Å². The number of nitrogens with two attached hydrogens (primary N) is 1. The molecule has 1 amide bonds. The van der Waals surface area contributed by atoms with E-state index in [9.17, 15) is 4.79 Å². The Morgan fingerprint density at radius 2 is 2.23 bits per heavy atom. The van der Waals surface area contributed by atoms with Crippen LogP contribution in [0.4, 0.5) is 0 Å². The van der Waals surface area contributed by atoms with Gasteiger partial charge in [-0.15, -0.1) is 0 Å². The molecule has 0 aliphatic rings. The number of aromatic nitrogens is 1. The fourth-order valence-corrected chi connectivity index (χ4v) is 1.30. The molecule has 0 saturated heterocycles. The van der Waals surface area contributed by atoms with Crippen LogP contribution in [0.1, 0.15) is 29.9 Å². The first-order valence-electron chi connectivity index (χ1n) is 4.31. The number of hydrogen-bond acceptors (Lipinski definition) is 3. The Kier molecular flexibility index (Phi) is 3.06. The maximum absolute atomic E-state index is 10.5. The van der Waals surface area contributed by atoms with E-state index < -0.39 is 0 Å². The molecule has 1 heterocycles. The molecule has 0 fully saturated rings. The lowest BCUT2D eigenvalue weighted by molar-refractivity contribution is -0.118. The number of carbonyl (C=O) groups is 1. The molecule has 1 rings (SSSR count). The van der Waals surface area contributed by atoms with Gasteiger partial charge >= 0.3 is 0 Å². The van der Waals surface area contributed by atoms with Gasteiger partial charge in [-0.3, -0.25) is 4.79 Å². The first kappa shape index (κ1) is 9.77. The molecule has 0 aliphatic carbocycles. The lowest BCUT2D eigenvalue weighted by atomic mass is 10.1. The number of primary amides is 1. The van der Waals surface area contributed by atoms with Crippen molar-refractivity contribution in [3.8, 4) is 0 Å². The first-order chi connectivity index (χ1) is 6.11. The van der Waals surface area contributed by atoms with E-state index in [0.717, 1.165) is 29.9 Å². The minimum atomic E-state index is -0.258. The zero-order valence-corrected chi connectivity index (χ0v) is 7.96. The quantitative estimate of drug-likeness (QED) is 0.758. The van der Waals surface area contributed by atoms with E-state index in [1.165, 1.54) is 0 Å². The van der Waals surface area contributed by atoms with Crippen molar-refractivity contribution in [2.75, 3.05) is 0 Å². The molecule has 0 aliphatic heterocycles. The van der Waals surface area contributed by atoms with Crippen molar-refractivity contribution in [1.82, 2.24) is 5.16 Å². The van der Waals surface area contributed by atoms with Gasteiger partial charge in [-0.05, 0) is 26.7 Å². The van der Waals surface area contributed by atoms with Crippen molar-refractivity contribution in [3.63, 3.8) is 0 Å². The monoisotopic (exact) mass is 182 g/mol. The van der Waals surface area contributed by atoms with Crippen molar-refractivity contribution < 1.29 is 9.32 Å². The van der Waals surface area contributed by atoms with Crippen LogP contribution < -0.4 is 5.73 Å². The van der Waals surface area contributed by atoms with Gasteiger partial charge in [0.15, 0.2) is 0 Å². The fraction of sp³-hybridized carbons (Fsp3) is 0.556. The molecule has 4 heteroatoms. The summed E-state index contributed by atoms with van der Waals surface area (Å²) in [4.78, 5) is 10.5. The molecule has 0 aromatic carbocycles. The minimum absolute atomic E-state index is 0.258. The Balaban J connectivity index is 2.49. The molecule has 1 aromatic heterocycles. The summed E-state index contributed by atoms with van der Waals surface area (Å²) in [5.41, 5.74) is 7.03. The average Bonchev–Trinajstić information content (AvgIpc) is 2.34. The molecule has 0 unspecified atom stereocenters. The van der Waals surface area contributed by atoms with Gasteiger partial charge in [0.1, 0.15) is 5.76 Å². The second-order valence-electron chi connectivity index (χ2n) is 3.12. The third-order valence-electron chi connectivity index (χ3n) is 2.03. The molecule has 13 heavy (non-hydrogen) atoms. The lowest BCUT2D eigenvalue weighted by Crippen LogP contribution is -2.10. The molecule has 0 saturated carbocycles. The highest BCUT2D eigenvalue weighted by atomic mass is 16.5. The van der Waals surface area contributed by atoms with Gasteiger partial charge in [-0.1, -0.05) is 5.16 Å². The van der Waals surface area contributed by atoms with E-state index in [-0.39, 0.29) is 5.91 Å². The van der Waals surface area contributed by atoms with E-state index in [1.54, 1.807) is 0 Å². The maximum Gasteiger partial charge on any atom is 0.217 e. The number of amides is 1. The van der Waals surface area contributed by atoms with Gasteiger partial charge in [-0.25, -0.2) is 0 Å². The van der Waals surface area contributed by atoms with E-state index in [1.807, 2.05) is 13.8 Å². The van der Waals surface area contributed by atoms with Crippen LogP contribution in [0.15, 0.2) is 4.52 Å². The van der Waals surface area contributed by atoms with E-state index in [2.05, 4.69) is 5.16 Å². The Morgan fingerprint density at radius 1 is 1.54 bits per heavy atom. The normalized spacial score (nSPS) is 10.3. The van der Waals surface area contributed by atoms with Crippen LogP contribution in [0, 0.1) is 13.8 Å². The summed E-state index contributed by atoms with van der Waals surface area (Å²) in [7, 11) is 0. The van der Waals surface area contributed by atoms with E-state index >= 15 is 0 Å². The highest BCUT2D eigenvalue weighted by molar-refractivity contribution is 5.73. The Hall–Kier alpha value is -1.32. The van der Waals surface area contributed by atoms with Crippen LogP contribution in [0.3, 0.4) is 0 Å². The largest absolute Gasteiger partial charge is 0.370 e. The summed E-state index contributed by atoms with van der Waals surface area (Å²) in [6.07, 6.45) is 1.99. The van der Waals surface area contributed by atoms with Crippen molar-refractivity contribution in [2.45, 2.75) is 33.1 Å². The van der Waals surface area contributed by atoms with E-state index in [4.69, 9.17) is 10.3 Å². The smallest absolute Gasteiger partial charge is 0.217 e. The average molecular weight is 182 g/mol. The van der Waals surface area contributed by atoms with Gasteiger partial charge in [0, 0.05) is 12.0 Å². The third-order valence-corrected chi connectivity index (χ3v) is 2.03. The van der Waals surface area contributed by atoms with Gasteiger partial charge < -0.3 is 10.3 Å². The summed E-state index contributed by atoms with van der Waals surface area (Å²) in [5.74, 6) is 0.578. The highest BCUT2D eigenvalue weighted by Crippen LogP contribution is 2.14. The maximum atomic E-state index is 10.5. The second kappa shape index (κ2) is 4.07. The Morgan fingerprint density at radius 3 is 2.69 bits per heavy atom. The number of nitrogens with zero attached hydrogens (tertiary/aromatic N) is 1. The molecule has 0 atom stereocenters. The molecular formula is C9H14N2O2. The van der Waals surface area contributed by atoms with Crippen LogP contribution >= 0.6 is 0 Å². The van der Waals surface area contributed by atoms with Crippen molar-refractivity contribution in [2.24, 2.45) is 5.73 Å². The number of rotatable bonds is 4. The van der Waals surface area contributed by atoms with Crippen LogP contribution in [0.25, 0.3) is 0 Å². The van der Waals surface area contributed by atoms with Crippen LogP contribution in [0.2, 0.25) is 0 Å². The molecule has 4 nitrogen and oxygen atoms in total. The van der Waals surface area contributed by atoms with Crippen molar-refractivity contribution >= 4 is 5.91 Å². The molecule has 72 valence electrons. The Bertz CT molecular complexity index is 285. The van der Waals surface area contributed by atoms with E-state index in [0.29, 0.717) is 6.42 Å². The summed E-state index contributed by atoms with van der Waals surface area (Å²) >= 11 is 0. The Labute approximate surface area is 77.1 Å². The van der Waals surface area contributed by atoms with Gasteiger partial charge in [0.25, 0.3) is 0 Å². The SMILES string of the molecule is Cc1noc(C)c1CCCC(N)=O. The van der Waals surface area contributed by atoms with Crippen LogP contribution in [0.5, 0.6) is 0 Å². The number of carbonyl (C=O) groups excluding carboxylic acids is 1. The minimum Gasteiger partial charge on any atom is -0.370 e. The number of hydrogen-bond donors (Lipinski definition) is 1. The zero-order chi connectivity index (χ0) is 9.84.